The molecule has 2 aliphatic heterocycles. The maximum Gasteiger partial charge on any atom is 0.0991 e. The average Bonchev–Trinajstić information content (AvgIpc) is 3.69. The molecule has 0 bridgehead atoms. The monoisotopic (exact) mass is 440 g/mol. The van der Waals surface area contributed by atoms with Crippen molar-refractivity contribution in [3.63, 3.8) is 0 Å². The molecule has 162 valence electrons. The van der Waals surface area contributed by atoms with Gasteiger partial charge in [0.15, 0.2) is 0 Å². The largest absolute Gasteiger partial charge is 0.306 e. The molecule has 4 heterocycles. The number of aromatic nitrogens is 4. The molecule has 6 heteroatoms. The Balaban J connectivity index is 1.10. The summed E-state index contributed by atoms with van der Waals surface area (Å²) in [4.78, 5) is 18.1. The highest BCUT2D eigenvalue weighted by Gasteiger charge is 2.19. The average molecular weight is 441 g/mol. The van der Waals surface area contributed by atoms with Gasteiger partial charge in [0.25, 0.3) is 0 Å². The van der Waals surface area contributed by atoms with Crippen molar-refractivity contribution in [2.75, 3.05) is 0 Å². The first kappa shape index (κ1) is 18.9. The highest BCUT2D eigenvalue weighted by Crippen LogP contribution is 2.33. The Morgan fingerprint density at radius 1 is 0.559 bits per heavy atom. The first-order valence-corrected chi connectivity index (χ1v) is 11.3. The number of fused-ring (bicyclic) bond motifs is 2. The Hall–Kier alpha value is -4.58. The van der Waals surface area contributed by atoms with E-state index in [4.69, 9.17) is 9.98 Å². The summed E-state index contributed by atoms with van der Waals surface area (Å²) < 4.78 is 4.04. The summed E-state index contributed by atoms with van der Waals surface area (Å²) in [5.41, 5.74) is 11.3. The van der Waals surface area contributed by atoms with E-state index >= 15 is 0 Å². The molecule has 0 aliphatic carbocycles. The smallest absolute Gasteiger partial charge is 0.0991 e. The van der Waals surface area contributed by atoms with Crippen molar-refractivity contribution in [2.45, 2.75) is 12.8 Å². The zero-order valence-electron chi connectivity index (χ0n) is 18.3. The van der Waals surface area contributed by atoms with Crippen molar-refractivity contribution in [1.82, 2.24) is 19.1 Å². The van der Waals surface area contributed by atoms with Gasteiger partial charge in [-0.3, -0.25) is 9.98 Å². The van der Waals surface area contributed by atoms with E-state index in [-0.39, 0.29) is 0 Å². The minimum atomic E-state index is 0.834. The highest BCUT2D eigenvalue weighted by atomic mass is 15.0. The molecule has 5 aromatic rings. The summed E-state index contributed by atoms with van der Waals surface area (Å²) in [6, 6.07) is 21.4. The molecule has 7 rings (SSSR count). The van der Waals surface area contributed by atoms with E-state index in [9.17, 15) is 0 Å². The van der Waals surface area contributed by atoms with Gasteiger partial charge in [-0.2, -0.15) is 0 Å². The van der Waals surface area contributed by atoms with Crippen LogP contribution in [0.4, 0.5) is 11.4 Å². The number of hydrogen-bond acceptors (Lipinski definition) is 4. The van der Waals surface area contributed by atoms with Gasteiger partial charge < -0.3 is 9.13 Å². The van der Waals surface area contributed by atoms with Crippen LogP contribution in [0.25, 0.3) is 11.4 Å². The van der Waals surface area contributed by atoms with Crippen molar-refractivity contribution in [2.24, 2.45) is 9.98 Å². The molecule has 0 fully saturated rings. The molecule has 2 aromatic heterocycles. The lowest BCUT2D eigenvalue weighted by atomic mass is 9.99. The van der Waals surface area contributed by atoms with Crippen molar-refractivity contribution in [1.29, 1.82) is 0 Å². The van der Waals surface area contributed by atoms with Gasteiger partial charge in [0.2, 0.25) is 0 Å². The first-order chi connectivity index (χ1) is 16.8. The number of aliphatic imine (C=N–C) groups is 2. The van der Waals surface area contributed by atoms with Gasteiger partial charge in [-0.25, -0.2) is 9.97 Å². The number of nitrogens with zero attached hydrogens (tertiary/aromatic N) is 6. The molecule has 0 radical (unpaired) electrons. The molecule has 0 unspecified atom stereocenters. The summed E-state index contributed by atoms with van der Waals surface area (Å²) in [5, 5.41) is 0. The minimum Gasteiger partial charge on any atom is -0.306 e. The number of rotatable bonds is 4. The fourth-order valence-corrected chi connectivity index (χ4v) is 4.71. The molecule has 0 saturated carbocycles. The zero-order valence-corrected chi connectivity index (χ0v) is 18.3. The van der Waals surface area contributed by atoms with Crippen molar-refractivity contribution in [3.8, 4) is 11.4 Å². The number of hydrogen-bond donors (Lipinski definition) is 0. The fourth-order valence-electron chi connectivity index (χ4n) is 4.71. The van der Waals surface area contributed by atoms with Gasteiger partial charge in [-0.05, 0) is 58.7 Å². The topological polar surface area (TPSA) is 60.4 Å². The van der Waals surface area contributed by atoms with E-state index in [2.05, 4.69) is 70.6 Å². The third-order valence-electron chi connectivity index (χ3n) is 6.51. The summed E-state index contributed by atoms with van der Waals surface area (Å²) in [5.74, 6) is 0. The van der Waals surface area contributed by atoms with Gasteiger partial charge in [-0.1, -0.05) is 24.3 Å². The normalized spacial score (nSPS) is 14.0. The van der Waals surface area contributed by atoms with Gasteiger partial charge >= 0.3 is 0 Å². The summed E-state index contributed by atoms with van der Waals surface area (Å²) in [6.45, 7) is 0. The molecular weight excluding hydrogens is 420 g/mol. The van der Waals surface area contributed by atoms with E-state index in [1.54, 1.807) is 12.4 Å². The van der Waals surface area contributed by atoms with Crippen LogP contribution in [0, 0.1) is 0 Å². The minimum absolute atomic E-state index is 0.834. The Kier molecular flexibility index (Phi) is 4.17. The molecule has 2 aliphatic rings. The Bertz CT molecular complexity index is 1450. The second-order valence-electron chi connectivity index (χ2n) is 8.61. The predicted molar refractivity (Wildman–Crippen MR) is 133 cm³/mol. The van der Waals surface area contributed by atoms with Crippen LogP contribution in [0.2, 0.25) is 0 Å². The highest BCUT2D eigenvalue weighted by molar-refractivity contribution is 6.09. The van der Waals surface area contributed by atoms with Gasteiger partial charge in [0.05, 0.1) is 35.5 Å². The fraction of sp³-hybridized carbons (Fsp3) is 0.0714. The van der Waals surface area contributed by atoms with Crippen LogP contribution in [0.3, 0.4) is 0 Å². The maximum atomic E-state index is 4.89. The lowest BCUT2D eigenvalue weighted by molar-refractivity contribution is 1.05. The van der Waals surface area contributed by atoms with Crippen LogP contribution in [0.15, 0.2) is 108 Å². The van der Waals surface area contributed by atoms with Crippen molar-refractivity contribution < 1.29 is 0 Å². The van der Waals surface area contributed by atoms with Crippen LogP contribution >= 0.6 is 0 Å². The van der Waals surface area contributed by atoms with Gasteiger partial charge in [0, 0.05) is 49.0 Å². The molecular formula is C28H20N6. The predicted octanol–water partition coefficient (Wildman–Crippen LogP) is 5.41. The SMILES string of the molecule is c1cn(-c2ccc3c(c2)CC(c2ccc(C4=Nc5ccc(-n6ccnc6)cc5C4)cc2)=N3)cn1. The molecule has 0 amide bonds. The van der Waals surface area contributed by atoms with E-state index in [0.717, 1.165) is 58.1 Å². The van der Waals surface area contributed by atoms with Crippen LogP contribution in [0.1, 0.15) is 22.3 Å². The molecule has 0 atom stereocenters. The lowest BCUT2D eigenvalue weighted by Crippen LogP contribution is -2.04. The quantitative estimate of drug-likeness (QED) is 0.375. The van der Waals surface area contributed by atoms with Crippen LogP contribution in [-0.2, 0) is 12.8 Å². The zero-order chi connectivity index (χ0) is 22.5. The second-order valence-corrected chi connectivity index (χ2v) is 8.61. The standard InChI is InChI=1S/C28H20N6/c1-2-20(28-16-22-14-24(6-8-26(22)32-28)34-12-10-30-18-34)4-3-19(1)27-15-21-13-23(5-7-25(21)31-27)33-11-9-29-17-33/h1-14,17-18H,15-16H2. The number of benzene rings is 3. The summed E-state index contributed by atoms with van der Waals surface area (Å²) in [7, 11) is 0. The second kappa shape index (κ2) is 7.49. The van der Waals surface area contributed by atoms with E-state index in [1.807, 2.05) is 34.2 Å². The first-order valence-electron chi connectivity index (χ1n) is 11.3. The molecule has 34 heavy (non-hydrogen) atoms. The van der Waals surface area contributed by atoms with Crippen molar-refractivity contribution >= 4 is 22.8 Å². The van der Waals surface area contributed by atoms with E-state index in [0.29, 0.717) is 0 Å². The van der Waals surface area contributed by atoms with Crippen LogP contribution in [-0.4, -0.2) is 30.5 Å². The molecule has 3 aromatic carbocycles. The van der Waals surface area contributed by atoms with E-state index in [1.165, 1.54) is 11.1 Å². The summed E-state index contributed by atoms with van der Waals surface area (Å²) >= 11 is 0. The lowest BCUT2D eigenvalue weighted by Gasteiger charge is -2.05. The molecule has 0 spiro atoms. The summed E-state index contributed by atoms with van der Waals surface area (Å²) in [6.07, 6.45) is 12.8. The maximum absolute atomic E-state index is 4.89. The van der Waals surface area contributed by atoms with Crippen LogP contribution < -0.4 is 0 Å². The van der Waals surface area contributed by atoms with Crippen molar-refractivity contribution in [3.05, 3.63) is 120 Å². The number of imidazole rings is 2. The van der Waals surface area contributed by atoms with Crippen LogP contribution in [0.5, 0.6) is 0 Å². The third-order valence-corrected chi connectivity index (χ3v) is 6.51. The Morgan fingerprint density at radius 2 is 1.03 bits per heavy atom. The van der Waals surface area contributed by atoms with Gasteiger partial charge in [-0.15, -0.1) is 0 Å². The molecule has 6 nitrogen and oxygen atoms in total. The molecule has 0 saturated heterocycles. The Labute approximate surface area is 196 Å². The van der Waals surface area contributed by atoms with Gasteiger partial charge in [0.1, 0.15) is 0 Å². The molecule has 0 N–H and O–H groups in total. The third kappa shape index (κ3) is 3.19. The Morgan fingerprint density at radius 3 is 1.44 bits per heavy atom. The van der Waals surface area contributed by atoms with E-state index < -0.39 is 0 Å².